The highest BCUT2D eigenvalue weighted by Crippen LogP contribution is 2.44. The van der Waals surface area contributed by atoms with Gasteiger partial charge in [0.2, 0.25) is 11.7 Å². The minimum absolute atomic E-state index is 0.194. The number of benzene rings is 1. The average Bonchev–Trinajstić information content (AvgIpc) is 3.07. The predicted octanol–water partition coefficient (Wildman–Crippen LogP) is 1.97. The molecule has 9 heteroatoms. The molecule has 0 atom stereocenters. The van der Waals surface area contributed by atoms with Gasteiger partial charge < -0.3 is 29.4 Å². The molecule has 152 valence electrons. The van der Waals surface area contributed by atoms with Gasteiger partial charge in [-0.05, 0) is 24.3 Å². The number of hydrogen-bond donors (Lipinski definition) is 2. The number of aromatic nitrogens is 2. The molecule has 2 heterocycles. The molecule has 0 unspecified atom stereocenters. The molecule has 0 aliphatic carbocycles. The second kappa shape index (κ2) is 8.51. The van der Waals surface area contributed by atoms with Crippen LogP contribution in [0.15, 0.2) is 36.5 Å². The Hall–Kier alpha value is -3.75. The fourth-order valence-corrected chi connectivity index (χ4v) is 3.07. The van der Waals surface area contributed by atoms with Crippen LogP contribution in [0, 0.1) is 0 Å². The molecule has 0 spiro atoms. The first-order valence-corrected chi connectivity index (χ1v) is 8.77. The summed E-state index contributed by atoms with van der Waals surface area (Å²) in [6.07, 6.45) is 1.57. The Kier molecular flexibility index (Phi) is 5.87. The number of hydrogen-bond acceptors (Lipinski definition) is 6. The molecule has 1 aromatic carbocycles. The van der Waals surface area contributed by atoms with Crippen molar-refractivity contribution in [3.8, 4) is 17.2 Å². The quantitative estimate of drug-likeness (QED) is 0.631. The van der Waals surface area contributed by atoms with Crippen molar-refractivity contribution in [1.29, 1.82) is 0 Å². The normalized spacial score (nSPS) is 10.5. The first-order valence-electron chi connectivity index (χ1n) is 8.77. The summed E-state index contributed by atoms with van der Waals surface area (Å²) in [4.78, 5) is 28.7. The van der Waals surface area contributed by atoms with E-state index in [1.165, 1.54) is 21.3 Å². The first-order chi connectivity index (χ1) is 14.0. The fourth-order valence-electron chi connectivity index (χ4n) is 3.07. The van der Waals surface area contributed by atoms with E-state index in [1.54, 1.807) is 48.1 Å². The van der Waals surface area contributed by atoms with E-state index in [-0.39, 0.29) is 12.5 Å². The van der Waals surface area contributed by atoms with E-state index < -0.39 is 5.91 Å². The van der Waals surface area contributed by atoms with Crippen molar-refractivity contribution in [2.24, 2.45) is 7.05 Å². The van der Waals surface area contributed by atoms with E-state index in [0.717, 1.165) is 5.39 Å². The van der Waals surface area contributed by atoms with Gasteiger partial charge in [0.1, 0.15) is 11.5 Å². The second-order valence-electron chi connectivity index (χ2n) is 6.12. The minimum Gasteiger partial charge on any atom is -0.493 e. The highest BCUT2D eigenvalue weighted by molar-refractivity contribution is 6.03. The van der Waals surface area contributed by atoms with Crippen molar-refractivity contribution in [3.63, 3.8) is 0 Å². The van der Waals surface area contributed by atoms with Crippen molar-refractivity contribution >= 4 is 28.5 Å². The highest BCUT2D eigenvalue weighted by atomic mass is 16.5. The molecule has 29 heavy (non-hydrogen) atoms. The number of pyridine rings is 1. The number of nitrogens with zero attached hydrogens (tertiary/aromatic N) is 2. The number of carbonyl (C=O) groups excluding carboxylic acids is 2. The Morgan fingerprint density at radius 2 is 1.83 bits per heavy atom. The monoisotopic (exact) mass is 398 g/mol. The Morgan fingerprint density at radius 1 is 1.07 bits per heavy atom. The van der Waals surface area contributed by atoms with Crippen LogP contribution in [-0.4, -0.2) is 49.2 Å². The van der Waals surface area contributed by atoms with Crippen molar-refractivity contribution < 1.29 is 23.8 Å². The van der Waals surface area contributed by atoms with Crippen LogP contribution < -0.4 is 24.8 Å². The maximum Gasteiger partial charge on any atom is 0.268 e. The van der Waals surface area contributed by atoms with Crippen molar-refractivity contribution in [2.75, 3.05) is 33.2 Å². The zero-order valence-electron chi connectivity index (χ0n) is 16.6. The van der Waals surface area contributed by atoms with Gasteiger partial charge in [0.05, 0.1) is 33.4 Å². The number of ether oxygens (including phenoxy) is 3. The minimum atomic E-state index is -0.403. The molecule has 0 aliphatic rings. The van der Waals surface area contributed by atoms with Gasteiger partial charge in [0.25, 0.3) is 5.91 Å². The van der Waals surface area contributed by atoms with Gasteiger partial charge in [-0.1, -0.05) is 6.07 Å². The number of carbonyl (C=O) groups is 2. The van der Waals surface area contributed by atoms with Crippen LogP contribution in [0.5, 0.6) is 17.2 Å². The van der Waals surface area contributed by atoms with Gasteiger partial charge in [-0.2, -0.15) is 0 Å². The standard InChI is InChI=1S/C20H22N4O5/c1-24-13(20(26)22-11-16(25)23-15-7-5-6-8-21-15)9-12-10-14(27-2)18(28-3)19(29-4)17(12)24/h5-10H,11H2,1-4H3,(H,22,26)(H,21,23,25). The third-order valence-electron chi connectivity index (χ3n) is 4.40. The van der Waals surface area contributed by atoms with Crippen LogP contribution in [0.1, 0.15) is 10.5 Å². The lowest BCUT2D eigenvalue weighted by atomic mass is 10.2. The largest absolute Gasteiger partial charge is 0.493 e. The smallest absolute Gasteiger partial charge is 0.268 e. The molecule has 0 saturated carbocycles. The molecular formula is C20H22N4O5. The zero-order valence-corrected chi connectivity index (χ0v) is 16.6. The van der Waals surface area contributed by atoms with Crippen LogP contribution in [0.3, 0.4) is 0 Å². The first kappa shape index (κ1) is 20.0. The summed E-state index contributed by atoms with van der Waals surface area (Å²) >= 11 is 0. The lowest BCUT2D eigenvalue weighted by Crippen LogP contribution is -2.33. The SMILES string of the molecule is COc1cc2cc(C(=O)NCC(=O)Nc3ccccn3)n(C)c2c(OC)c1OC. The van der Waals surface area contributed by atoms with E-state index in [0.29, 0.717) is 34.3 Å². The number of nitrogens with one attached hydrogen (secondary N) is 2. The summed E-state index contributed by atoms with van der Waals surface area (Å²) < 4.78 is 17.9. The Morgan fingerprint density at radius 3 is 2.45 bits per heavy atom. The fraction of sp³-hybridized carbons (Fsp3) is 0.250. The molecule has 3 aromatic rings. The third kappa shape index (κ3) is 3.93. The van der Waals surface area contributed by atoms with Gasteiger partial charge in [-0.25, -0.2) is 4.98 Å². The molecule has 0 fully saturated rings. The number of amides is 2. The molecule has 0 radical (unpaired) electrons. The summed E-state index contributed by atoms with van der Waals surface area (Å²) in [5.41, 5.74) is 1.03. The van der Waals surface area contributed by atoms with Gasteiger partial charge in [0.15, 0.2) is 11.5 Å². The topological polar surface area (TPSA) is 104 Å². The molecule has 2 aromatic heterocycles. The van der Waals surface area contributed by atoms with Crippen LogP contribution in [0.25, 0.3) is 10.9 Å². The molecule has 2 amide bonds. The van der Waals surface area contributed by atoms with Gasteiger partial charge >= 0.3 is 0 Å². The molecule has 2 N–H and O–H groups in total. The third-order valence-corrected chi connectivity index (χ3v) is 4.40. The lowest BCUT2D eigenvalue weighted by molar-refractivity contribution is -0.115. The summed E-state index contributed by atoms with van der Waals surface area (Å²) in [6.45, 7) is -0.194. The second-order valence-corrected chi connectivity index (χ2v) is 6.12. The van der Waals surface area contributed by atoms with Crippen molar-refractivity contribution in [3.05, 3.63) is 42.2 Å². The summed E-state index contributed by atoms with van der Waals surface area (Å²) in [5.74, 6) is 1.02. The van der Waals surface area contributed by atoms with Crippen LogP contribution in [0.2, 0.25) is 0 Å². The van der Waals surface area contributed by atoms with E-state index >= 15 is 0 Å². The number of methoxy groups -OCH3 is 3. The number of fused-ring (bicyclic) bond motifs is 1. The van der Waals surface area contributed by atoms with E-state index in [1.807, 2.05) is 0 Å². The van der Waals surface area contributed by atoms with Crippen LogP contribution in [-0.2, 0) is 11.8 Å². The van der Waals surface area contributed by atoms with Gasteiger partial charge in [-0.15, -0.1) is 0 Å². The van der Waals surface area contributed by atoms with Crippen molar-refractivity contribution in [1.82, 2.24) is 14.9 Å². The Bertz CT molecular complexity index is 1050. The van der Waals surface area contributed by atoms with Crippen LogP contribution >= 0.6 is 0 Å². The molecule has 0 bridgehead atoms. The van der Waals surface area contributed by atoms with Crippen molar-refractivity contribution in [2.45, 2.75) is 0 Å². The molecule has 0 aliphatic heterocycles. The zero-order chi connectivity index (χ0) is 21.0. The highest BCUT2D eigenvalue weighted by Gasteiger charge is 2.22. The van der Waals surface area contributed by atoms with E-state index in [4.69, 9.17) is 14.2 Å². The maximum atomic E-state index is 12.7. The predicted molar refractivity (Wildman–Crippen MR) is 108 cm³/mol. The lowest BCUT2D eigenvalue weighted by Gasteiger charge is -2.14. The average molecular weight is 398 g/mol. The summed E-state index contributed by atoms with van der Waals surface area (Å²) in [6, 6.07) is 8.63. The van der Waals surface area contributed by atoms with Gasteiger partial charge in [0, 0.05) is 18.6 Å². The Balaban J connectivity index is 1.83. The van der Waals surface area contributed by atoms with E-state index in [2.05, 4.69) is 15.6 Å². The molecular weight excluding hydrogens is 376 g/mol. The summed E-state index contributed by atoms with van der Waals surface area (Å²) in [5, 5.41) is 5.97. The molecule has 9 nitrogen and oxygen atoms in total. The van der Waals surface area contributed by atoms with Crippen LogP contribution in [0.4, 0.5) is 5.82 Å². The maximum absolute atomic E-state index is 12.7. The number of aryl methyl sites for hydroxylation is 1. The number of anilines is 1. The number of rotatable bonds is 7. The molecule has 3 rings (SSSR count). The summed E-state index contributed by atoms with van der Waals surface area (Å²) in [7, 11) is 6.30. The van der Waals surface area contributed by atoms with E-state index in [9.17, 15) is 9.59 Å². The van der Waals surface area contributed by atoms with Gasteiger partial charge in [-0.3, -0.25) is 9.59 Å². The molecule has 0 saturated heterocycles. The Labute approximate surface area is 167 Å².